The molecule has 0 bridgehead atoms. The van der Waals surface area contributed by atoms with Gasteiger partial charge >= 0.3 is 6.36 Å². The number of thiophene rings is 1. The van der Waals surface area contributed by atoms with Gasteiger partial charge in [-0.05, 0) is 35.9 Å². The SMILES string of the molecule is NS(=O)(=O)c1ccc(-c2ccc(O)c(OC(F)(F)F)c2)s1. The normalized spacial score (nSPS) is 12.4. The van der Waals surface area contributed by atoms with E-state index < -0.39 is 27.9 Å². The third-order valence-corrected chi connectivity index (χ3v) is 4.90. The second kappa shape index (κ2) is 5.20. The van der Waals surface area contributed by atoms with E-state index in [1.807, 2.05) is 0 Å². The van der Waals surface area contributed by atoms with Crippen LogP contribution in [0.5, 0.6) is 11.5 Å². The molecule has 0 aliphatic rings. The minimum absolute atomic E-state index is 0.121. The quantitative estimate of drug-likeness (QED) is 0.900. The molecule has 0 aliphatic carbocycles. The van der Waals surface area contributed by atoms with E-state index in [-0.39, 0.29) is 9.77 Å². The van der Waals surface area contributed by atoms with Gasteiger partial charge in [0.05, 0.1) is 0 Å². The van der Waals surface area contributed by atoms with E-state index in [1.54, 1.807) is 0 Å². The molecule has 3 N–H and O–H groups in total. The molecule has 10 heteroatoms. The van der Waals surface area contributed by atoms with Gasteiger partial charge in [0.1, 0.15) is 4.21 Å². The Morgan fingerprint density at radius 3 is 2.38 bits per heavy atom. The highest BCUT2D eigenvalue weighted by molar-refractivity contribution is 7.91. The van der Waals surface area contributed by atoms with Crippen molar-refractivity contribution in [1.82, 2.24) is 0 Å². The smallest absolute Gasteiger partial charge is 0.504 e. The molecule has 2 aromatic rings. The first-order valence-electron chi connectivity index (χ1n) is 5.28. The van der Waals surface area contributed by atoms with Crippen molar-refractivity contribution in [1.29, 1.82) is 0 Å². The number of benzene rings is 1. The lowest BCUT2D eigenvalue weighted by Crippen LogP contribution is -2.17. The zero-order chi connectivity index (χ0) is 15.8. The molecule has 1 aromatic carbocycles. The number of primary sulfonamides is 1. The highest BCUT2D eigenvalue weighted by Gasteiger charge is 2.32. The Morgan fingerprint density at radius 2 is 1.86 bits per heavy atom. The molecule has 0 amide bonds. The number of phenolic OH excluding ortho intramolecular Hbond substituents is 1. The van der Waals surface area contributed by atoms with Crippen molar-refractivity contribution in [2.24, 2.45) is 5.14 Å². The van der Waals surface area contributed by atoms with E-state index in [0.717, 1.165) is 23.5 Å². The number of phenols is 1. The van der Waals surface area contributed by atoms with Crippen LogP contribution in [-0.2, 0) is 10.0 Å². The van der Waals surface area contributed by atoms with Gasteiger partial charge in [0, 0.05) is 4.88 Å². The number of nitrogens with two attached hydrogens (primary N) is 1. The number of sulfonamides is 1. The molecule has 114 valence electrons. The van der Waals surface area contributed by atoms with Gasteiger partial charge in [-0.3, -0.25) is 0 Å². The van der Waals surface area contributed by atoms with Gasteiger partial charge in [-0.25, -0.2) is 13.6 Å². The maximum Gasteiger partial charge on any atom is 0.573 e. The fraction of sp³-hybridized carbons (Fsp3) is 0.0909. The van der Waals surface area contributed by atoms with Crippen LogP contribution in [0.25, 0.3) is 10.4 Å². The molecule has 1 heterocycles. The minimum atomic E-state index is -4.95. The third kappa shape index (κ3) is 3.86. The number of hydrogen-bond donors (Lipinski definition) is 2. The lowest BCUT2D eigenvalue weighted by atomic mass is 10.1. The summed E-state index contributed by atoms with van der Waals surface area (Å²) in [5.74, 6) is -1.45. The summed E-state index contributed by atoms with van der Waals surface area (Å²) in [5.41, 5.74) is 0.256. The van der Waals surface area contributed by atoms with Gasteiger partial charge in [-0.2, -0.15) is 0 Å². The van der Waals surface area contributed by atoms with Crippen molar-refractivity contribution in [2.75, 3.05) is 0 Å². The van der Waals surface area contributed by atoms with Gasteiger partial charge in [0.25, 0.3) is 0 Å². The van der Waals surface area contributed by atoms with Gasteiger partial charge in [-0.15, -0.1) is 24.5 Å². The lowest BCUT2D eigenvalue weighted by molar-refractivity contribution is -0.275. The van der Waals surface area contributed by atoms with Gasteiger partial charge in [0.2, 0.25) is 10.0 Å². The summed E-state index contributed by atoms with van der Waals surface area (Å²) in [7, 11) is -3.88. The van der Waals surface area contributed by atoms with Gasteiger partial charge in [0.15, 0.2) is 11.5 Å². The Morgan fingerprint density at radius 1 is 1.19 bits per heavy atom. The monoisotopic (exact) mass is 339 g/mol. The molecule has 0 radical (unpaired) electrons. The number of alkyl halides is 3. The van der Waals surface area contributed by atoms with E-state index in [1.165, 1.54) is 18.2 Å². The highest BCUT2D eigenvalue weighted by Crippen LogP contribution is 2.37. The second-order valence-electron chi connectivity index (χ2n) is 3.89. The number of ether oxygens (including phenoxy) is 1. The molecule has 21 heavy (non-hydrogen) atoms. The predicted molar refractivity (Wildman–Crippen MR) is 69.5 cm³/mol. The maximum atomic E-state index is 12.2. The number of hydrogen-bond acceptors (Lipinski definition) is 5. The van der Waals surface area contributed by atoms with Crippen molar-refractivity contribution in [3.63, 3.8) is 0 Å². The van der Waals surface area contributed by atoms with Crippen molar-refractivity contribution in [3.05, 3.63) is 30.3 Å². The Hall–Kier alpha value is -1.78. The summed E-state index contributed by atoms with van der Waals surface area (Å²) >= 11 is 0.794. The molecule has 5 nitrogen and oxygen atoms in total. The molecule has 0 saturated carbocycles. The Labute approximate surface area is 121 Å². The van der Waals surface area contributed by atoms with Crippen molar-refractivity contribution >= 4 is 21.4 Å². The zero-order valence-corrected chi connectivity index (χ0v) is 11.7. The summed E-state index contributed by atoms with van der Waals surface area (Å²) in [5, 5.41) is 14.3. The van der Waals surface area contributed by atoms with Crippen LogP contribution in [0.3, 0.4) is 0 Å². The Bertz CT molecular complexity index is 768. The van der Waals surface area contributed by atoms with E-state index in [0.29, 0.717) is 4.88 Å². The molecule has 1 aromatic heterocycles. The molecule has 0 spiro atoms. The first kappa shape index (κ1) is 15.6. The molecular formula is C11H8F3NO4S2. The molecule has 0 atom stereocenters. The van der Waals surface area contributed by atoms with E-state index >= 15 is 0 Å². The largest absolute Gasteiger partial charge is 0.573 e. The highest BCUT2D eigenvalue weighted by atomic mass is 32.2. The fourth-order valence-corrected chi connectivity index (χ4v) is 3.23. The molecule has 0 aliphatic heterocycles. The second-order valence-corrected chi connectivity index (χ2v) is 6.77. The van der Waals surface area contributed by atoms with Gasteiger partial charge in [-0.1, -0.05) is 0 Å². The summed E-state index contributed by atoms with van der Waals surface area (Å²) in [6.07, 6.45) is -4.95. The van der Waals surface area contributed by atoms with Crippen LogP contribution in [0.4, 0.5) is 13.2 Å². The van der Waals surface area contributed by atoms with Crippen LogP contribution in [0, 0.1) is 0 Å². The summed E-state index contributed by atoms with van der Waals surface area (Å²) in [6.45, 7) is 0. The molecule has 0 fully saturated rings. The molecule has 0 unspecified atom stereocenters. The summed E-state index contributed by atoms with van der Waals surface area (Å²) < 4.78 is 62.4. The Kier molecular flexibility index (Phi) is 3.87. The lowest BCUT2D eigenvalue weighted by Gasteiger charge is -2.11. The fourth-order valence-electron chi connectivity index (χ4n) is 1.50. The van der Waals surface area contributed by atoms with Crippen LogP contribution in [0.1, 0.15) is 0 Å². The van der Waals surface area contributed by atoms with Crippen LogP contribution < -0.4 is 9.88 Å². The average molecular weight is 339 g/mol. The number of rotatable bonds is 3. The van der Waals surface area contributed by atoms with Crippen LogP contribution in [-0.4, -0.2) is 19.9 Å². The Balaban J connectivity index is 2.41. The minimum Gasteiger partial charge on any atom is -0.504 e. The predicted octanol–water partition coefficient (Wildman–Crippen LogP) is 2.67. The van der Waals surface area contributed by atoms with Crippen LogP contribution >= 0.6 is 11.3 Å². The average Bonchev–Trinajstić information content (AvgIpc) is 2.79. The number of halogens is 3. The number of aromatic hydroxyl groups is 1. The van der Waals surface area contributed by atoms with Crippen LogP contribution in [0.2, 0.25) is 0 Å². The van der Waals surface area contributed by atoms with E-state index in [9.17, 15) is 26.7 Å². The standard InChI is InChI=1S/C11H8F3NO4S2/c12-11(13,14)19-8-5-6(1-2-7(8)16)9-3-4-10(20-9)21(15,17)18/h1-5,16H,(H2,15,17,18). The first-order chi connectivity index (χ1) is 9.56. The van der Waals surface area contributed by atoms with Gasteiger partial charge < -0.3 is 9.84 Å². The molecular weight excluding hydrogens is 331 g/mol. The first-order valence-corrected chi connectivity index (χ1v) is 7.64. The third-order valence-electron chi connectivity index (χ3n) is 2.33. The van der Waals surface area contributed by atoms with Crippen LogP contribution in [0.15, 0.2) is 34.5 Å². The summed E-state index contributed by atoms with van der Waals surface area (Å²) in [6, 6.07) is 5.95. The molecule has 0 saturated heterocycles. The van der Waals surface area contributed by atoms with Crippen molar-refractivity contribution in [3.8, 4) is 21.9 Å². The topological polar surface area (TPSA) is 89.6 Å². The molecule has 2 rings (SSSR count). The summed E-state index contributed by atoms with van der Waals surface area (Å²) in [4.78, 5) is 0.367. The zero-order valence-electron chi connectivity index (χ0n) is 10.1. The van der Waals surface area contributed by atoms with Crippen molar-refractivity contribution < 1.29 is 31.4 Å². The maximum absolute atomic E-state index is 12.2. The van der Waals surface area contributed by atoms with E-state index in [2.05, 4.69) is 4.74 Å². The van der Waals surface area contributed by atoms with Crippen molar-refractivity contribution in [2.45, 2.75) is 10.6 Å². The van der Waals surface area contributed by atoms with E-state index in [4.69, 9.17) is 5.14 Å².